The smallest absolute Gasteiger partial charge is 0.410 e. The van der Waals surface area contributed by atoms with Crippen LogP contribution in [0.15, 0.2) is 0 Å². The van der Waals surface area contributed by atoms with Gasteiger partial charge in [0.1, 0.15) is 23.8 Å². The Hall–Kier alpha value is -1.87. The monoisotopic (exact) mass is 398 g/mol. The molecule has 3 fully saturated rings. The molecule has 158 valence electrons. The first-order chi connectivity index (χ1) is 13.1. The predicted molar refractivity (Wildman–Crippen MR) is 97.1 cm³/mol. The average molecular weight is 398 g/mol. The summed E-state index contributed by atoms with van der Waals surface area (Å²) in [4.78, 5) is 41.1. The van der Waals surface area contributed by atoms with Crippen molar-refractivity contribution >= 4 is 18.0 Å². The first kappa shape index (κ1) is 20.9. The van der Waals surface area contributed by atoms with Crippen LogP contribution in [0.1, 0.15) is 47.0 Å². The standard InChI is InChI=1S/C19H30N2O7/c1-5-27-18(26)20-8-6-7-11(20)16(24)21-12-9-10(14(22)15(12)23)13(21)17(25)28-19(2,3)4/h10-15,22-23H,5-9H2,1-4H3/t10-,11+,12-,13-,14-,15+/m1/s1. The van der Waals surface area contributed by atoms with Crippen molar-refractivity contribution in [3.63, 3.8) is 0 Å². The molecule has 2 heterocycles. The van der Waals surface area contributed by atoms with Gasteiger partial charge in [-0.2, -0.15) is 0 Å². The predicted octanol–water partition coefficient (Wildman–Crippen LogP) is 0.270. The number of ether oxygens (including phenoxy) is 2. The fraction of sp³-hybridized carbons (Fsp3) is 0.842. The molecule has 6 atom stereocenters. The highest BCUT2D eigenvalue weighted by atomic mass is 16.6. The molecule has 9 heteroatoms. The number of hydrogen-bond donors (Lipinski definition) is 2. The summed E-state index contributed by atoms with van der Waals surface area (Å²) in [6, 6.07) is -2.39. The first-order valence-electron chi connectivity index (χ1n) is 9.91. The topological polar surface area (TPSA) is 117 Å². The molecule has 2 amide bonds. The summed E-state index contributed by atoms with van der Waals surface area (Å²) in [5.41, 5.74) is -0.748. The summed E-state index contributed by atoms with van der Waals surface area (Å²) < 4.78 is 10.5. The molecule has 28 heavy (non-hydrogen) atoms. The average Bonchev–Trinajstić information content (AvgIpc) is 3.28. The highest BCUT2D eigenvalue weighted by molar-refractivity contribution is 5.91. The lowest BCUT2D eigenvalue weighted by atomic mass is 9.93. The van der Waals surface area contributed by atoms with E-state index in [9.17, 15) is 24.6 Å². The van der Waals surface area contributed by atoms with Gasteiger partial charge in [-0.3, -0.25) is 9.69 Å². The number of aliphatic hydroxyl groups is 2. The van der Waals surface area contributed by atoms with Gasteiger partial charge in [-0.15, -0.1) is 0 Å². The van der Waals surface area contributed by atoms with E-state index in [0.717, 1.165) is 0 Å². The highest BCUT2D eigenvalue weighted by Crippen LogP contribution is 2.44. The molecular formula is C19H30N2O7. The molecule has 0 radical (unpaired) electrons. The number of rotatable bonds is 3. The Morgan fingerprint density at radius 2 is 1.82 bits per heavy atom. The molecule has 0 aromatic rings. The molecule has 2 aliphatic heterocycles. The third kappa shape index (κ3) is 3.57. The number of piperidine rings is 1. The van der Waals surface area contributed by atoms with E-state index in [-0.39, 0.29) is 6.61 Å². The second-order valence-corrected chi connectivity index (χ2v) is 8.72. The van der Waals surface area contributed by atoms with Crippen LogP contribution in [0.3, 0.4) is 0 Å². The van der Waals surface area contributed by atoms with E-state index in [1.54, 1.807) is 27.7 Å². The molecule has 0 aromatic carbocycles. The molecule has 1 saturated carbocycles. The third-order valence-corrected chi connectivity index (χ3v) is 5.70. The fourth-order valence-corrected chi connectivity index (χ4v) is 4.62. The molecule has 0 spiro atoms. The molecule has 0 aromatic heterocycles. The first-order valence-corrected chi connectivity index (χ1v) is 9.91. The quantitative estimate of drug-likeness (QED) is 0.656. The number of nitrogens with zero attached hydrogens (tertiary/aromatic N) is 2. The summed E-state index contributed by atoms with van der Waals surface area (Å²) in [5, 5.41) is 20.6. The second kappa shape index (κ2) is 7.51. The molecule has 2 saturated heterocycles. The van der Waals surface area contributed by atoms with E-state index < -0.39 is 59.8 Å². The number of carbonyl (C=O) groups is 3. The summed E-state index contributed by atoms with van der Waals surface area (Å²) in [7, 11) is 0. The van der Waals surface area contributed by atoms with Crippen LogP contribution in [-0.2, 0) is 19.1 Å². The van der Waals surface area contributed by atoms with E-state index in [2.05, 4.69) is 0 Å². The zero-order valence-corrected chi connectivity index (χ0v) is 16.8. The third-order valence-electron chi connectivity index (χ3n) is 5.70. The Morgan fingerprint density at radius 3 is 2.43 bits per heavy atom. The van der Waals surface area contributed by atoms with Crippen LogP contribution in [0.25, 0.3) is 0 Å². The Kier molecular flexibility index (Phi) is 5.60. The number of esters is 1. The van der Waals surface area contributed by atoms with Gasteiger partial charge in [-0.25, -0.2) is 9.59 Å². The van der Waals surface area contributed by atoms with E-state index in [0.29, 0.717) is 25.8 Å². The Morgan fingerprint density at radius 1 is 1.14 bits per heavy atom. The van der Waals surface area contributed by atoms with Crippen molar-refractivity contribution in [1.82, 2.24) is 9.80 Å². The van der Waals surface area contributed by atoms with Crippen molar-refractivity contribution in [2.24, 2.45) is 5.92 Å². The minimum absolute atomic E-state index is 0.204. The van der Waals surface area contributed by atoms with E-state index in [1.807, 2.05) is 0 Å². The van der Waals surface area contributed by atoms with Gasteiger partial charge in [0.05, 0.1) is 18.8 Å². The van der Waals surface area contributed by atoms with Crippen LogP contribution in [0.2, 0.25) is 0 Å². The van der Waals surface area contributed by atoms with Crippen molar-refractivity contribution in [2.45, 2.75) is 82.9 Å². The fourth-order valence-electron chi connectivity index (χ4n) is 4.62. The lowest BCUT2D eigenvalue weighted by Crippen LogP contribution is -2.62. The summed E-state index contributed by atoms with van der Waals surface area (Å²) in [6.45, 7) is 7.50. The summed E-state index contributed by atoms with van der Waals surface area (Å²) in [5.74, 6) is -1.59. The molecule has 9 nitrogen and oxygen atoms in total. The van der Waals surface area contributed by atoms with Gasteiger partial charge in [0.25, 0.3) is 0 Å². The van der Waals surface area contributed by atoms with Crippen LogP contribution in [-0.4, -0.2) is 87.1 Å². The Labute approximate surface area is 164 Å². The maximum Gasteiger partial charge on any atom is 0.410 e. The molecule has 2 N–H and O–H groups in total. The van der Waals surface area contributed by atoms with Crippen LogP contribution in [0.4, 0.5) is 4.79 Å². The minimum Gasteiger partial charge on any atom is -0.458 e. The van der Waals surface area contributed by atoms with E-state index >= 15 is 0 Å². The molecule has 1 aliphatic carbocycles. The normalized spacial score (nSPS) is 34.6. The maximum atomic E-state index is 13.4. The van der Waals surface area contributed by atoms with Crippen molar-refractivity contribution < 1.29 is 34.1 Å². The minimum atomic E-state index is -1.12. The van der Waals surface area contributed by atoms with Crippen LogP contribution in [0, 0.1) is 5.92 Å². The highest BCUT2D eigenvalue weighted by Gasteiger charge is 2.62. The lowest BCUT2D eigenvalue weighted by molar-refractivity contribution is -0.175. The SMILES string of the molecule is CCOC(=O)N1CCC[C@H]1C(=O)N1[C@@H]2C[C@@H]([C@@H](O)[C@H]2O)[C@@H]1C(=O)OC(C)(C)C. The van der Waals surface area contributed by atoms with Gasteiger partial charge in [0.2, 0.25) is 5.91 Å². The number of carbonyl (C=O) groups excluding carboxylic acids is 3. The summed E-state index contributed by atoms with van der Waals surface area (Å²) >= 11 is 0. The largest absolute Gasteiger partial charge is 0.458 e. The summed E-state index contributed by atoms with van der Waals surface area (Å²) in [6.07, 6.45) is -1.33. The lowest BCUT2D eigenvalue weighted by Gasteiger charge is -2.41. The molecule has 3 rings (SSSR count). The van der Waals surface area contributed by atoms with Crippen LogP contribution < -0.4 is 0 Å². The number of amides is 2. The molecular weight excluding hydrogens is 368 g/mol. The van der Waals surface area contributed by atoms with Crippen molar-refractivity contribution in [2.75, 3.05) is 13.2 Å². The van der Waals surface area contributed by atoms with Gasteiger partial charge < -0.3 is 24.6 Å². The molecule has 3 aliphatic rings. The van der Waals surface area contributed by atoms with Gasteiger partial charge in [0, 0.05) is 12.5 Å². The van der Waals surface area contributed by atoms with Crippen LogP contribution in [0.5, 0.6) is 0 Å². The number of likely N-dealkylation sites (tertiary alicyclic amines) is 2. The van der Waals surface area contributed by atoms with Crippen LogP contribution >= 0.6 is 0 Å². The maximum absolute atomic E-state index is 13.4. The second-order valence-electron chi connectivity index (χ2n) is 8.72. The Bertz CT molecular complexity index is 647. The van der Waals surface area contributed by atoms with E-state index in [4.69, 9.17) is 9.47 Å². The van der Waals surface area contributed by atoms with Gasteiger partial charge in [-0.1, -0.05) is 0 Å². The zero-order valence-electron chi connectivity index (χ0n) is 16.8. The van der Waals surface area contributed by atoms with E-state index in [1.165, 1.54) is 9.80 Å². The molecule has 0 unspecified atom stereocenters. The van der Waals surface area contributed by atoms with Gasteiger partial charge in [-0.05, 0) is 47.0 Å². The zero-order chi connectivity index (χ0) is 20.8. The van der Waals surface area contributed by atoms with Gasteiger partial charge >= 0.3 is 12.1 Å². The van der Waals surface area contributed by atoms with Gasteiger partial charge in [0.15, 0.2) is 0 Å². The Balaban J connectivity index is 1.86. The van der Waals surface area contributed by atoms with Crippen molar-refractivity contribution in [1.29, 1.82) is 0 Å². The van der Waals surface area contributed by atoms with Crippen molar-refractivity contribution in [3.05, 3.63) is 0 Å². The number of aliphatic hydroxyl groups excluding tert-OH is 2. The van der Waals surface area contributed by atoms with Crippen molar-refractivity contribution in [3.8, 4) is 0 Å². The number of hydrogen-bond acceptors (Lipinski definition) is 7. The number of fused-ring (bicyclic) bond motifs is 2. The molecule has 2 bridgehead atoms.